The monoisotopic (exact) mass is 311 g/mol. The highest BCUT2D eigenvalue weighted by molar-refractivity contribution is 9.10. The predicted octanol–water partition coefficient (Wildman–Crippen LogP) is 2.31. The maximum atomic E-state index is 12.4. The molecule has 1 aromatic heterocycles. The lowest BCUT2D eigenvalue weighted by atomic mass is 9.81. The van der Waals surface area contributed by atoms with Gasteiger partial charge in [0.05, 0.1) is 17.8 Å². The van der Waals surface area contributed by atoms with E-state index in [1.165, 1.54) is 12.4 Å². The van der Waals surface area contributed by atoms with Gasteiger partial charge in [-0.05, 0) is 28.8 Å². The van der Waals surface area contributed by atoms with Crippen molar-refractivity contribution in [3.05, 3.63) is 17.0 Å². The molecule has 18 heavy (non-hydrogen) atoms. The summed E-state index contributed by atoms with van der Waals surface area (Å²) in [5.41, 5.74) is -0.564. The molecule has 0 radical (unpaired) electrons. The lowest BCUT2D eigenvalue weighted by Gasteiger charge is -2.22. The smallest absolute Gasteiger partial charge is 0.241 e. The molecule has 0 aliphatic carbocycles. The zero-order chi connectivity index (χ0) is 13.3. The largest absolute Gasteiger partial charge is 0.274 e. The molecule has 2 rings (SSSR count). The van der Waals surface area contributed by atoms with E-state index in [4.69, 9.17) is 0 Å². The summed E-state index contributed by atoms with van der Waals surface area (Å²) in [5, 5.41) is 0. The Bertz CT molecular complexity index is 483. The molecule has 6 heteroatoms. The Morgan fingerprint density at radius 1 is 1.28 bits per heavy atom. The molecule has 0 bridgehead atoms. The van der Waals surface area contributed by atoms with Crippen LogP contribution in [0.5, 0.6) is 0 Å². The molecule has 96 valence electrons. The molecule has 1 fully saturated rings. The van der Waals surface area contributed by atoms with Crippen LogP contribution in [0.4, 0.5) is 5.82 Å². The normalized spacial score (nSPS) is 18.5. The van der Waals surface area contributed by atoms with Crippen molar-refractivity contribution in [1.29, 1.82) is 0 Å². The van der Waals surface area contributed by atoms with E-state index in [1.807, 2.05) is 13.8 Å². The van der Waals surface area contributed by atoms with Crippen molar-refractivity contribution in [3.63, 3.8) is 0 Å². The topological polar surface area (TPSA) is 63.2 Å². The summed E-state index contributed by atoms with van der Waals surface area (Å²) in [6.07, 6.45) is 4.49. The fraction of sp³-hybridized carbons (Fsp3) is 0.500. The summed E-state index contributed by atoms with van der Waals surface area (Å²) in [6.45, 7) is 3.87. The van der Waals surface area contributed by atoms with Gasteiger partial charge in [-0.25, -0.2) is 14.9 Å². The van der Waals surface area contributed by atoms with Crippen LogP contribution >= 0.6 is 15.9 Å². The van der Waals surface area contributed by atoms with Crippen LogP contribution in [0.15, 0.2) is 17.0 Å². The van der Waals surface area contributed by atoms with Gasteiger partial charge in [0.25, 0.3) is 0 Å². The predicted molar refractivity (Wildman–Crippen MR) is 69.9 cm³/mol. The van der Waals surface area contributed by atoms with Gasteiger partial charge in [-0.3, -0.25) is 9.59 Å². The third-order valence-electron chi connectivity index (χ3n) is 3.59. The van der Waals surface area contributed by atoms with Gasteiger partial charge >= 0.3 is 0 Å². The Morgan fingerprint density at radius 2 is 1.94 bits per heavy atom. The molecule has 0 saturated carbocycles. The van der Waals surface area contributed by atoms with E-state index in [0.29, 0.717) is 23.3 Å². The molecule has 1 aromatic rings. The Kier molecular flexibility index (Phi) is 3.47. The average molecular weight is 312 g/mol. The maximum absolute atomic E-state index is 12.4. The number of amides is 2. The summed E-state index contributed by atoms with van der Waals surface area (Å²) in [5.74, 6) is -0.0496. The van der Waals surface area contributed by atoms with Gasteiger partial charge in [0, 0.05) is 6.42 Å². The zero-order valence-electron chi connectivity index (χ0n) is 10.3. The highest BCUT2D eigenvalue weighted by Gasteiger charge is 2.50. The summed E-state index contributed by atoms with van der Waals surface area (Å²) >= 11 is 3.17. The number of halogens is 1. The van der Waals surface area contributed by atoms with Crippen LogP contribution in [-0.2, 0) is 9.59 Å². The number of carbonyl (C=O) groups is 2. The van der Waals surface area contributed by atoms with Crippen LogP contribution in [0.1, 0.15) is 33.1 Å². The highest BCUT2D eigenvalue weighted by atomic mass is 79.9. The van der Waals surface area contributed by atoms with Crippen molar-refractivity contribution < 1.29 is 9.59 Å². The first-order valence-electron chi connectivity index (χ1n) is 5.89. The summed E-state index contributed by atoms with van der Waals surface area (Å²) in [7, 11) is 0. The molecule has 2 amide bonds. The van der Waals surface area contributed by atoms with Crippen molar-refractivity contribution in [2.75, 3.05) is 4.90 Å². The first kappa shape index (κ1) is 13.1. The van der Waals surface area contributed by atoms with E-state index >= 15 is 0 Å². The van der Waals surface area contributed by atoms with Crippen molar-refractivity contribution in [2.24, 2.45) is 5.41 Å². The number of rotatable bonds is 3. The van der Waals surface area contributed by atoms with Crippen LogP contribution in [0.25, 0.3) is 0 Å². The molecule has 2 heterocycles. The lowest BCUT2D eigenvalue weighted by molar-refractivity contribution is -0.126. The minimum Gasteiger partial charge on any atom is -0.274 e. The molecule has 1 saturated heterocycles. The van der Waals surface area contributed by atoms with Gasteiger partial charge in [-0.2, -0.15) is 0 Å². The lowest BCUT2D eigenvalue weighted by Crippen LogP contribution is -2.35. The molecule has 1 aliphatic rings. The Balaban J connectivity index is 2.38. The minimum absolute atomic E-state index is 0.158. The molecule has 0 unspecified atom stereocenters. The summed E-state index contributed by atoms with van der Waals surface area (Å²) in [4.78, 5) is 33.7. The molecule has 0 N–H and O–H groups in total. The van der Waals surface area contributed by atoms with Crippen LogP contribution in [0.3, 0.4) is 0 Å². The SMILES string of the molecule is CCC1(CC)CC(=O)N(c2cnc(Br)cn2)C1=O. The third-order valence-corrected chi connectivity index (χ3v) is 3.99. The second kappa shape index (κ2) is 4.76. The second-order valence-corrected chi connectivity index (χ2v) is 5.21. The molecule has 1 aliphatic heterocycles. The van der Waals surface area contributed by atoms with E-state index in [2.05, 4.69) is 25.9 Å². The van der Waals surface area contributed by atoms with Gasteiger partial charge in [0.15, 0.2) is 5.82 Å². The number of hydrogen-bond donors (Lipinski definition) is 0. The van der Waals surface area contributed by atoms with Gasteiger partial charge in [-0.1, -0.05) is 13.8 Å². The van der Waals surface area contributed by atoms with E-state index in [1.54, 1.807) is 0 Å². The number of aromatic nitrogens is 2. The Morgan fingerprint density at radius 3 is 2.39 bits per heavy atom. The minimum atomic E-state index is -0.564. The molecule has 5 nitrogen and oxygen atoms in total. The first-order valence-corrected chi connectivity index (χ1v) is 6.68. The highest BCUT2D eigenvalue weighted by Crippen LogP contribution is 2.40. The standard InChI is InChI=1S/C12H14BrN3O2/c1-3-12(4-2)5-10(17)16(11(12)18)9-7-14-8(13)6-15-9/h6-7H,3-5H2,1-2H3. The maximum Gasteiger partial charge on any atom is 0.241 e. The summed E-state index contributed by atoms with van der Waals surface area (Å²) in [6, 6.07) is 0. The van der Waals surface area contributed by atoms with Crippen molar-refractivity contribution >= 4 is 33.6 Å². The van der Waals surface area contributed by atoms with Gasteiger partial charge in [0.1, 0.15) is 4.60 Å². The molecular formula is C12H14BrN3O2. The molecular weight excluding hydrogens is 298 g/mol. The van der Waals surface area contributed by atoms with Gasteiger partial charge in [-0.15, -0.1) is 0 Å². The van der Waals surface area contributed by atoms with Crippen LogP contribution in [0.2, 0.25) is 0 Å². The third kappa shape index (κ3) is 1.94. The van der Waals surface area contributed by atoms with Crippen LogP contribution in [0, 0.1) is 5.41 Å². The number of hydrogen-bond acceptors (Lipinski definition) is 4. The Labute approximate surface area is 114 Å². The fourth-order valence-corrected chi connectivity index (χ4v) is 2.45. The number of imide groups is 1. The van der Waals surface area contributed by atoms with E-state index in [-0.39, 0.29) is 18.2 Å². The molecule has 0 atom stereocenters. The van der Waals surface area contributed by atoms with E-state index in [9.17, 15) is 9.59 Å². The first-order chi connectivity index (χ1) is 8.54. The zero-order valence-corrected chi connectivity index (χ0v) is 11.9. The van der Waals surface area contributed by atoms with E-state index in [0.717, 1.165) is 4.90 Å². The van der Waals surface area contributed by atoms with E-state index < -0.39 is 5.41 Å². The molecule has 0 spiro atoms. The Hall–Kier alpha value is -1.30. The number of nitrogens with zero attached hydrogens (tertiary/aromatic N) is 3. The van der Waals surface area contributed by atoms with Gasteiger partial charge < -0.3 is 0 Å². The van der Waals surface area contributed by atoms with Gasteiger partial charge in [0.2, 0.25) is 11.8 Å². The van der Waals surface area contributed by atoms with Crippen LogP contribution in [-0.4, -0.2) is 21.8 Å². The fourth-order valence-electron chi connectivity index (χ4n) is 2.25. The quantitative estimate of drug-likeness (QED) is 0.804. The summed E-state index contributed by atoms with van der Waals surface area (Å²) < 4.78 is 0.572. The van der Waals surface area contributed by atoms with Crippen molar-refractivity contribution in [3.8, 4) is 0 Å². The van der Waals surface area contributed by atoms with Crippen molar-refractivity contribution in [2.45, 2.75) is 33.1 Å². The second-order valence-electron chi connectivity index (χ2n) is 4.40. The van der Waals surface area contributed by atoms with Crippen LogP contribution < -0.4 is 4.90 Å². The van der Waals surface area contributed by atoms with Crippen molar-refractivity contribution in [1.82, 2.24) is 9.97 Å². The average Bonchev–Trinajstić information content (AvgIpc) is 2.63. The molecule has 0 aromatic carbocycles. The number of anilines is 1. The number of carbonyl (C=O) groups excluding carboxylic acids is 2.